The molecule has 3 N–H and O–H groups in total. The zero-order valence-electron chi connectivity index (χ0n) is 20.7. The van der Waals surface area contributed by atoms with Gasteiger partial charge in [0, 0.05) is 35.5 Å². The van der Waals surface area contributed by atoms with Crippen LogP contribution < -0.4 is 10.6 Å². The van der Waals surface area contributed by atoms with Gasteiger partial charge in [0.05, 0.1) is 17.1 Å². The molecular formula is C27H29Cl2F2N3O3. The number of ketones is 1. The van der Waals surface area contributed by atoms with Gasteiger partial charge in [-0.15, -0.1) is 0 Å². The van der Waals surface area contributed by atoms with Crippen LogP contribution in [0.15, 0.2) is 36.4 Å². The maximum Gasteiger partial charge on any atom is 0.237 e. The van der Waals surface area contributed by atoms with E-state index >= 15 is 4.39 Å². The van der Waals surface area contributed by atoms with E-state index in [1.165, 1.54) is 24.3 Å². The number of carbonyl (C=O) groups excluding carboxylic acids is 2. The molecule has 0 bridgehead atoms. The molecule has 1 amide bonds. The van der Waals surface area contributed by atoms with Crippen LogP contribution in [0.2, 0.25) is 10.0 Å². The van der Waals surface area contributed by atoms with Crippen LogP contribution in [0.4, 0.5) is 8.78 Å². The lowest BCUT2D eigenvalue weighted by Gasteiger charge is -2.37. The molecule has 1 fully saturated rings. The van der Waals surface area contributed by atoms with E-state index in [-0.39, 0.29) is 34.0 Å². The Kier molecular flexibility index (Phi) is 8.97. The number of amides is 1. The Bertz CT molecular complexity index is 1230. The van der Waals surface area contributed by atoms with Crippen LogP contribution in [0.5, 0.6) is 0 Å². The standard InChI is InChI=1S/C27H29Cl2F2N3O3/c1-26(2,3)12-22-27(14-32,18-6-5-16(28)11-21(18)31)23(15-4-7-20(30)19(29)10-15)24(34-22)25(37)33-9-8-17(36)13-35/h4-7,10-11,22-24,34-35H,8-9,12-13H2,1-3H3,(H,33,37)/t22?,23-,24+,27-/m0/s1. The third kappa shape index (κ3) is 6.12. The van der Waals surface area contributed by atoms with Crippen LogP contribution in [0.25, 0.3) is 0 Å². The van der Waals surface area contributed by atoms with Crippen LogP contribution in [0.3, 0.4) is 0 Å². The van der Waals surface area contributed by atoms with E-state index in [0.29, 0.717) is 12.0 Å². The lowest BCUT2D eigenvalue weighted by molar-refractivity contribution is -0.124. The fraction of sp³-hybridized carbons (Fsp3) is 0.444. The van der Waals surface area contributed by atoms with E-state index in [4.69, 9.17) is 28.3 Å². The molecule has 3 rings (SSSR count). The molecule has 10 heteroatoms. The van der Waals surface area contributed by atoms with Crippen molar-refractivity contribution >= 4 is 34.9 Å². The van der Waals surface area contributed by atoms with Gasteiger partial charge in [-0.25, -0.2) is 8.78 Å². The van der Waals surface area contributed by atoms with Crippen molar-refractivity contribution in [3.8, 4) is 6.07 Å². The number of nitrogens with one attached hydrogen (secondary N) is 2. The van der Waals surface area contributed by atoms with Crippen LogP contribution in [0.1, 0.15) is 50.7 Å². The molecule has 0 saturated carbocycles. The minimum atomic E-state index is -1.61. The highest BCUT2D eigenvalue weighted by atomic mass is 35.5. The molecule has 1 saturated heterocycles. The first-order chi connectivity index (χ1) is 17.3. The summed E-state index contributed by atoms with van der Waals surface area (Å²) in [5, 5.41) is 25.6. The van der Waals surface area contributed by atoms with Crippen molar-refractivity contribution in [1.29, 1.82) is 5.26 Å². The summed E-state index contributed by atoms with van der Waals surface area (Å²) >= 11 is 12.1. The van der Waals surface area contributed by atoms with Gasteiger partial charge in [-0.1, -0.05) is 56.1 Å². The Balaban J connectivity index is 2.22. The summed E-state index contributed by atoms with van der Waals surface area (Å²) in [6.45, 7) is 5.22. The average molecular weight is 552 g/mol. The number of aliphatic hydroxyl groups is 1. The second kappa shape index (κ2) is 11.4. The highest BCUT2D eigenvalue weighted by molar-refractivity contribution is 6.31. The molecule has 1 unspecified atom stereocenters. The number of hydrogen-bond acceptors (Lipinski definition) is 5. The van der Waals surface area contributed by atoms with Crippen molar-refractivity contribution in [3.63, 3.8) is 0 Å². The van der Waals surface area contributed by atoms with E-state index in [2.05, 4.69) is 16.7 Å². The summed E-state index contributed by atoms with van der Waals surface area (Å²) in [7, 11) is 0. The number of aliphatic hydroxyl groups excluding tert-OH is 1. The Hall–Kier alpha value is -2.57. The average Bonchev–Trinajstić information content (AvgIpc) is 3.13. The molecule has 2 aromatic carbocycles. The number of benzene rings is 2. The lowest BCUT2D eigenvalue weighted by Crippen LogP contribution is -2.46. The van der Waals surface area contributed by atoms with E-state index in [9.17, 15) is 19.2 Å². The van der Waals surface area contributed by atoms with Crippen LogP contribution >= 0.6 is 23.2 Å². The maximum absolute atomic E-state index is 15.5. The van der Waals surface area contributed by atoms with Gasteiger partial charge in [0.25, 0.3) is 0 Å². The Morgan fingerprint density at radius 2 is 1.86 bits per heavy atom. The first kappa shape index (κ1) is 29.0. The SMILES string of the molecule is CC(C)(C)CC1N[C@@H](C(=O)NCCC(=O)CO)[C@H](c2ccc(F)c(Cl)c2)[C@@]1(C#N)c1ccc(Cl)cc1F. The number of rotatable bonds is 8. The van der Waals surface area contributed by atoms with E-state index < -0.39 is 53.3 Å². The first-order valence-corrected chi connectivity index (χ1v) is 12.6. The maximum atomic E-state index is 15.5. The Labute approximate surface area is 225 Å². The fourth-order valence-electron chi connectivity index (χ4n) is 5.05. The molecule has 2 aromatic rings. The minimum Gasteiger partial charge on any atom is -0.389 e. The Morgan fingerprint density at radius 3 is 2.43 bits per heavy atom. The highest BCUT2D eigenvalue weighted by Gasteiger charge is 2.60. The summed E-state index contributed by atoms with van der Waals surface area (Å²) in [6, 6.07) is 8.54. The molecule has 1 heterocycles. The van der Waals surface area contributed by atoms with Gasteiger partial charge in [0.1, 0.15) is 23.7 Å². The van der Waals surface area contributed by atoms with Gasteiger partial charge >= 0.3 is 0 Å². The third-order valence-electron chi connectivity index (χ3n) is 6.60. The van der Waals surface area contributed by atoms with Crippen LogP contribution in [-0.4, -0.2) is 42.0 Å². The van der Waals surface area contributed by atoms with Gasteiger partial charge in [-0.2, -0.15) is 5.26 Å². The zero-order chi connectivity index (χ0) is 27.5. The molecule has 0 aliphatic carbocycles. The second-order valence-electron chi connectivity index (χ2n) is 10.5. The van der Waals surface area contributed by atoms with Gasteiger partial charge in [0.15, 0.2) is 5.78 Å². The zero-order valence-corrected chi connectivity index (χ0v) is 22.3. The molecule has 0 spiro atoms. The number of nitrogens with zero attached hydrogens (tertiary/aromatic N) is 1. The van der Waals surface area contributed by atoms with Gasteiger partial charge in [0.2, 0.25) is 5.91 Å². The molecule has 198 valence electrons. The molecule has 1 aliphatic rings. The monoisotopic (exact) mass is 551 g/mol. The van der Waals surface area contributed by atoms with Crippen molar-refractivity contribution in [2.75, 3.05) is 13.2 Å². The van der Waals surface area contributed by atoms with E-state index in [1.54, 1.807) is 0 Å². The van der Waals surface area contributed by atoms with Crippen LogP contribution in [0, 0.1) is 28.4 Å². The summed E-state index contributed by atoms with van der Waals surface area (Å²) < 4.78 is 29.6. The van der Waals surface area contributed by atoms with Crippen molar-refractivity contribution in [3.05, 3.63) is 69.2 Å². The van der Waals surface area contributed by atoms with Crippen molar-refractivity contribution in [2.45, 2.75) is 57.0 Å². The third-order valence-corrected chi connectivity index (χ3v) is 7.12. The van der Waals surface area contributed by atoms with Gasteiger partial charge in [-0.3, -0.25) is 9.59 Å². The second-order valence-corrected chi connectivity index (χ2v) is 11.3. The lowest BCUT2D eigenvalue weighted by atomic mass is 9.62. The van der Waals surface area contributed by atoms with E-state index in [1.807, 2.05) is 20.8 Å². The Morgan fingerprint density at radius 1 is 1.16 bits per heavy atom. The van der Waals surface area contributed by atoms with Crippen molar-refractivity contribution in [2.24, 2.45) is 5.41 Å². The molecular weight excluding hydrogens is 523 g/mol. The minimum absolute atomic E-state index is 0.0356. The number of carbonyl (C=O) groups is 2. The summed E-state index contributed by atoms with van der Waals surface area (Å²) in [5.74, 6) is -3.33. The predicted molar refractivity (Wildman–Crippen MR) is 137 cm³/mol. The molecule has 0 radical (unpaired) electrons. The number of nitriles is 1. The molecule has 37 heavy (non-hydrogen) atoms. The smallest absolute Gasteiger partial charge is 0.237 e. The first-order valence-electron chi connectivity index (χ1n) is 11.8. The number of halogens is 4. The molecule has 4 atom stereocenters. The largest absolute Gasteiger partial charge is 0.389 e. The van der Waals surface area contributed by atoms with Crippen LogP contribution in [-0.2, 0) is 15.0 Å². The number of hydrogen-bond donors (Lipinski definition) is 3. The number of Topliss-reactive ketones (excluding diaryl/α,β-unsaturated/α-hetero) is 1. The molecule has 0 aromatic heterocycles. The summed E-state index contributed by atoms with van der Waals surface area (Å²) in [5.41, 5.74) is -1.51. The summed E-state index contributed by atoms with van der Waals surface area (Å²) in [6.07, 6.45) is 0.309. The molecule has 6 nitrogen and oxygen atoms in total. The van der Waals surface area contributed by atoms with Gasteiger partial charge < -0.3 is 15.7 Å². The van der Waals surface area contributed by atoms with Crippen molar-refractivity contribution in [1.82, 2.24) is 10.6 Å². The topological polar surface area (TPSA) is 102 Å². The molecule has 1 aliphatic heterocycles. The fourth-order valence-corrected chi connectivity index (χ4v) is 5.39. The van der Waals surface area contributed by atoms with Gasteiger partial charge in [-0.05, 0) is 41.7 Å². The summed E-state index contributed by atoms with van der Waals surface area (Å²) in [4.78, 5) is 25.0. The van der Waals surface area contributed by atoms with Crippen molar-refractivity contribution < 1.29 is 23.5 Å². The van der Waals surface area contributed by atoms with E-state index in [0.717, 1.165) is 12.1 Å². The predicted octanol–water partition coefficient (Wildman–Crippen LogP) is 4.66. The normalized spacial score (nSPS) is 23.5. The highest BCUT2D eigenvalue weighted by Crippen LogP contribution is 2.52. The quantitative estimate of drug-likeness (QED) is 0.442.